The number of ether oxygens (including phenoxy) is 1. The van der Waals surface area contributed by atoms with E-state index >= 15 is 0 Å². The van der Waals surface area contributed by atoms with Gasteiger partial charge in [0.2, 0.25) is 0 Å². The molecule has 15 heavy (non-hydrogen) atoms. The molecule has 2 N–H and O–H groups in total. The Bertz CT molecular complexity index is 314. The maximum absolute atomic E-state index is 13.1. The molecule has 84 valence electrons. The van der Waals surface area contributed by atoms with Crippen molar-refractivity contribution in [1.82, 2.24) is 0 Å². The van der Waals surface area contributed by atoms with Gasteiger partial charge in [-0.05, 0) is 37.0 Å². The highest BCUT2D eigenvalue weighted by Crippen LogP contribution is 2.19. The van der Waals surface area contributed by atoms with Crippen LogP contribution in [-0.4, -0.2) is 13.2 Å². The van der Waals surface area contributed by atoms with Crippen molar-refractivity contribution in [3.05, 3.63) is 29.6 Å². The molecule has 0 heterocycles. The fourth-order valence-electron chi connectivity index (χ4n) is 1.42. The summed E-state index contributed by atoms with van der Waals surface area (Å²) < 4.78 is 18.0. The maximum Gasteiger partial charge on any atom is 0.165 e. The van der Waals surface area contributed by atoms with Gasteiger partial charge in [0, 0.05) is 6.04 Å². The SMILES string of the molecule is CCC(N)CCc1ccc(F)c(OC)c1. The summed E-state index contributed by atoms with van der Waals surface area (Å²) >= 11 is 0. The van der Waals surface area contributed by atoms with E-state index in [0.29, 0.717) is 5.75 Å². The average Bonchev–Trinajstić information content (AvgIpc) is 2.27. The molecular weight excluding hydrogens is 193 g/mol. The van der Waals surface area contributed by atoms with Gasteiger partial charge in [-0.15, -0.1) is 0 Å². The highest BCUT2D eigenvalue weighted by Gasteiger charge is 2.05. The van der Waals surface area contributed by atoms with Gasteiger partial charge in [-0.25, -0.2) is 4.39 Å². The minimum absolute atomic E-state index is 0.223. The standard InChI is InChI=1S/C12H18FNO/c1-3-10(14)6-4-9-5-7-11(13)12(8-9)15-2/h5,7-8,10H,3-4,6,14H2,1-2H3. The van der Waals surface area contributed by atoms with E-state index in [0.717, 1.165) is 24.8 Å². The summed E-state index contributed by atoms with van der Waals surface area (Å²) in [7, 11) is 1.47. The lowest BCUT2D eigenvalue weighted by molar-refractivity contribution is 0.385. The van der Waals surface area contributed by atoms with Gasteiger partial charge in [-0.1, -0.05) is 13.0 Å². The molecule has 3 heteroatoms. The van der Waals surface area contributed by atoms with Gasteiger partial charge in [-0.3, -0.25) is 0 Å². The highest BCUT2D eigenvalue weighted by atomic mass is 19.1. The van der Waals surface area contributed by atoms with Crippen LogP contribution in [0, 0.1) is 5.82 Å². The molecule has 1 rings (SSSR count). The van der Waals surface area contributed by atoms with Crippen LogP contribution < -0.4 is 10.5 Å². The summed E-state index contributed by atoms with van der Waals surface area (Å²) in [6.45, 7) is 2.07. The van der Waals surface area contributed by atoms with Crippen LogP contribution in [0.5, 0.6) is 5.75 Å². The molecule has 0 fully saturated rings. The second-order valence-corrected chi connectivity index (χ2v) is 3.68. The lowest BCUT2D eigenvalue weighted by atomic mass is 10.0. The predicted octanol–water partition coefficient (Wildman–Crippen LogP) is 2.50. The Morgan fingerprint density at radius 3 is 2.80 bits per heavy atom. The number of rotatable bonds is 5. The van der Waals surface area contributed by atoms with Gasteiger partial charge < -0.3 is 10.5 Å². The van der Waals surface area contributed by atoms with Crippen LogP contribution in [0.4, 0.5) is 4.39 Å². The van der Waals surface area contributed by atoms with E-state index in [4.69, 9.17) is 10.5 Å². The van der Waals surface area contributed by atoms with Crippen LogP contribution in [-0.2, 0) is 6.42 Å². The Morgan fingerprint density at radius 1 is 1.47 bits per heavy atom. The van der Waals surface area contributed by atoms with E-state index in [-0.39, 0.29) is 11.9 Å². The van der Waals surface area contributed by atoms with Crippen molar-refractivity contribution in [1.29, 1.82) is 0 Å². The number of benzene rings is 1. The molecule has 2 nitrogen and oxygen atoms in total. The number of methoxy groups -OCH3 is 1. The van der Waals surface area contributed by atoms with Crippen LogP contribution >= 0.6 is 0 Å². The summed E-state index contributed by atoms with van der Waals surface area (Å²) in [6, 6.07) is 5.17. The average molecular weight is 211 g/mol. The highest BCUT2D eigenvalue weighted by molar-refractivity contribution is 5.30. The van der Waals surface area contributed by atoms with Crippen molar-refractivity contribution in [2.45, 2.75) is 32.2 Å². The molecule has 0 bridgehead atoms. The van der Waals surface area contributed by atoms with Crippen LogP contribution in [0.1, 0.15) is 25.3 Å². The van der Waals surface area contributed by atoms with E-state index in [1.165, 1.54) is 13.2 Å². The molecule has 0 aromatic heterocycles. The number of halogens is 1. The Balaban J connectivity index is 2.62. The van der Waals surface area contributed by atoms with Crippen molar-refractivity contribution in [3.63, 3.8) is 0 Å². The van der Waals surface area contributed by atoms with Crippen molar-refractivity contribution in [2.24, 2.45) is 5.73 Å². The zero-order valence-corrected chi connectivity index (χ0v) is 9.29. The summed E-state index contributed by atoms with van der Waals surface area (Å²) in [5.41, 5.74) is 6.88. The molecular formula is C12H18FNO. The third-order valence-electron chi connectivity index (χ3n) is 2.54. The maximum atomic E-state index is 13.1. The Morgan fingerprint density at radius 2 is 2.20 bits per heavy atom. The molecule has 0 saturated carbocycles. The number of hydrogen-bond acceptors (Lipinski definition) is 2. The predicted molar refractivity (Wildman–Crippen MR) is 59.5 cm³/mol. The fourth-order valence-corrected chi connectivity index (χ4v) is 1.42. The van der Waals surface area contributed by atoms with Crippen molar-refractivity contribution >= 4 is 0 Å². The van der Waals surface area contributed by atoms with Gasteiger partial charge in [-0.2, -0.15) is 0 Å². The molecule has 0 aliphatic heterocycles. The van der Waals surface area contributed by atoms with Crippen LogP contribution in [0.15, 0.2) is 18.2 Å². The Hall–Kier alpha value is -1.09. The molecule has 0 aliphatic rings. The molecule has 0 saturated heterocycles. The second kappa shape index (κ2) is 5.71. The van der Waals surface area contributed by atoms with Gasteiger partial charge in [0.25, 0.3) is 0 Å². The van der Waals surface area contributed by atoms with Crippen molar-refractivity contribution in [3.8, 4) is 5.75 Å². The van der Waals surface area contributed by atoms with Gasteiger partial charge in [0.05, 0.1) is 7.11 Å². The quantitative estimate of drug-likeness (QED) is 0.812. The molecule has 0 amide bonds. The summed E-state index contributed by atoms with van der Waals surface area (Å²) in [4.78, 5) is 0. The van der Waals surface area contributed by atoms with E-state index in [1.807, 2.05) is 0 Å². The van der Waals surface area contributed by atoms with Gasteiger partial charge >= 0.3 is 0 Å². The number of nitrogens with two attached hydrogens (primary N) is 1. The second-order valence-electron chi connectivity index (χ2n) is 3.68. The first kappa shape index (κ1) is 12.0. The smallest absolute Gasteiger partial charge is 0.165 e. The normalized spacial score (nSPS) is 12.5. The fraction of sp³-hybridized carbons (Fsp3) is 0.500. The van der Waals surface area contributed by atoms with E-state index in [2.05, 4.69) is 6.92 Å². The molecule has 1 atom stereocenters. The Kier molecular flexibility index (Phi) is 4.56. The third-order valence-corrected chi connectivity index (χ3v) is 2.54. The number of hydrogen-bond donors (Lipinski definition) is 1. The molecule has 0 aliphatic carbocycles. The van der Waals surface area contributed by atoms with Gasteiger partial charge in [0.15, 0.2) is 11.6 Å². The minimum atomic E-state index is -0.318. The van der Waals surface area contributed by atoms with Crippen molar-refractivity contribution in [2.75, 3.05) is 7.11 Å². The number of aryl methyl sites for hydroxylation is 1. The van der Waals surface area contributed by atoms with E-state index in [1.54, 1.807) is 12.1 Å². The summed E-state index contributed by atoms with van der Waals surface area (Å²) in [5.74, 6) is -0.0152. The van der Waals surface area contributed by atoms with Crippen LogP contribution in [0.2, 0.25) is 0 Å². The zero-order valence-electron chi connectivity index (χ0n) is 9.29. The minimum Gasteiger partial charge on any atom is -0.494 e. The zero-order chi connectivity index (χ0) is 11.3. The largest absolute Gasteiger partial charge is 0.494 e. The summed E-state index contributed by atoms with van der Waals surface area (Å²) in [6.07, 6.45) is 2.76. The molecule has 1 aromatic rings. The molecule has 1 aromatic carbocycles. The first-order valence-corrected chi connectivity index (χ1v) is 5.25. The lowest BCUT2D eigenvalue weighted by Gasteiger charge is -2.09. The van der Waals surface area contributed by atoms with E-state index < -0.39 is 0 Å². The van der Waals surface area contributed by atoms with Gasteiger partial charge in [0.1, 0.15) is 0 Å². The lowest BCUT2D eigenvalue weighted by Crippen LogP contribution is -2.19. The topological polar surface area (TPSA) is 35.2 Å². The van der Waals surface area contributed by atoms with E-state index in [9.17, 15) is 4.39 Å². The Labute approximate surface area is 90.2 Å². The van der Waals surface area contributed by atoms with Crippen LogP contribution in [0.25, 0.3) is 0 Å². The third kappa shape index (κ3) is 3.51. The van der Waals surface area contributed by atoms with Crippen molar-refractivity contribution < 1.29 is 9.13 Å². The first-order chi connectivity index (χ1) is 7.17. The molecule has 1 unspecified atom stereocenters. The molecule has 0 spiro atoms. The first-order valence-electron chi connectivity index (χ1n) is 5.25. The monoisotopic (exact) mass is 211 g/mol. The summed E-state index contributed by atoms with van der Waals surface area (Å²) in [5, 5.41) is 0. The molecule has 0 radical (unpaired) electrons. The van der Waals surface area contributed by atoms with Crippen LogP contribution in [0.3, 0.4) is 0 Å².